The van der Waals surface area contributed by atoms with Crippen molar-refractivity contribution in [3.63, 3.8) is 0 Å². The van der Waals surface area contributed by atoms with Gasteiger partial charge < -0.3 is 4.90 Å². The fourth-order valence-corrected chi connectivity index (χ4v) is 3.21. The van der Waals surface area contributed by atoms with Gasteiger partial charge in [0.05, 0.1) is 11.9 Å². The topological polar surface area (TPSA) is 61.9 Å². The number of benzene rings is 1. The molecule has 1 fully saturated rings. The lowest BCUT2D eigenvalue weighted by atomic mass is 9.99. The molecule has 2 heterocycles. The van der Waals surface area contributed by atoms with Crippen molar-refractivity contribution < 1.29 is 4.79 Å². The van der Waals surface area contributed by atoms with E-state index in [-0.39, 0.29) is 5.91 Å². The summed E-state index contributed by atoms with van der Waals surface area (Å²) in [5.74, 6) is 0.702. The van der Waals surface area contributed by atoms with E-state index in [1.807, 2.05) is 17.0 Å². The zero-order valence-electron chi connectivity index (χ0n) is 13.0. The van der Waals surface area contributed by atoms with Gasteiger partial charge in [-0.2, -0.15) is 15.4 Å². The number of nitrogens with one attached hydrogen (secondary N) is 1. The zero-order valence-corrected chi connectivity index (χ0v) is 13.8. The predicted octanol–water partition coefficient (Wildman–Crippen LogP) is 3.19. The van der Waals surface area contributed by atoms with Gasteiger partial charge in [-0.15, -0.1) is 0 Å². The van der Waals surface area contributed by atoms with Crippen LogP contribution in [0.3, 0.4) is 0 Å². The van der Waals surface area contributed by atoms with Gasteiger partial charge in [-0.05, 0) is 43.4 Å². The Kier molecular flexibility index (Phi) is 5.28. The maximum absolute atomic E-state index is 12.3. The maximum atomic E-state index is 12.3. The number of rotatable bonds is 6. The van der Waals surface area contributed by atoms with E-state index in [0.717, 1.165) is 49.5 Å². The Balaban J connectivity index is 1.41. The maximum Gasteiger partial charge on any atom is 0.222 e. The minimum absolute atomic E-state index is 0.265. The van der Waals surface area contributed by atoms with E-state index in [0.29, 0.717) is 12.3 Å². The molecule has 1 aliphatic heterocycles. The average molecular weight is 333 g/mol. The van der Waals surface area contributed by atoms with Crippen LogP contribution in [0.15, 0.2) is 30.5 Å². The SMILES string of the molecule is O=C(CCCCc1cn[nH]n1)N1CCC(c2ccc(Cl)cc2)C1. The Hall–Kier alpha value is -1.88. The Morgan fingerprint density at radius 2 is 2.13 bits per heavy atom. The molecule has 1 aromatic carbocycles. The predicted molar refractivity (Wildman–Crippen MR) is 89.3 cm³/mol. The van der Waals surface area contributed by atoms with E-state index in [9.17, 15) is 4.79 Å². The van der Waals surface area contributed by atoms with Crippen LogP contribution in [0.5, 0.6) is 0 Å². The normalized spacial score (nSPS) is 17.6. The fraction of sp³-hybridized carbons (Fsp3) is 0.471. The first kappa shape index (κ1) is 16.0. The van der Waals surface area contributed by atoms with Crippen LogP contribution in [0.25, 0.3) is 0 Å². The van der Waals surface area contributed by atoms with Crippen LogP contribution in [-0.4, -0.2) is 39.3 Å². The Labute approximate surface area is 141 Å². The molecule has 1 amide bonds. The Bertz CT molecular complexity index is 627. The number of carbonyl (C=O) groups excluding carboxylic acids is 1. The summed E-state index contributed by atoms with van der Waals surface area (Å²) in [4.78, 5) is 14.3. The second-order valence-electron chi connectivity index (χ2n) is 6.05. The highest BCUT2D eigenvalue weighted by Gasteiger charge is 2.26. The number of unbranched alkanes of at least 4 members (excludes halogenated alkanes) is 1. The summed E-state index contributed by atoms with van der Waals surface area (Å²) < 4.78 is 0. The molecule has 1 aliphatic rings. The molecular weight excluding hydrogens is 312 g/mol. The van der Waals surface area contributed by atoms with Crippen molar-refractivity contribution >= 4 is 17.5 Å². The van der Waals surface area contributed by atoms with E-state index >= 15 is 0 Å². The number of likely N-dealkylation sites (tertiary alicyclic amines) is 1. The Morgan fingerprint density at radius 3 is 2.87 bits per heavy atom. The third kappa shape index (κ3) is 4.32. The van der Waals surface area contributed by atoms with E-state index in [1.54, 1.807) is 6.20 Å². The summed E-state index contributed by atoms with van der Waals surface area (Å²) in [6, 6.07) is 7.98. The summed E-state index contributed by atoms with van der Waals surface area (Å²) in [6.07, 6.45) is 6.12. The molecule has 0 aliphatic carbocycles. The van der Waals surface area contributed by atoms with E-state index < -0.39 is 0 Å². The van der Waals surface area contributed by atoms with Gasteiger partial charge in [0.25, 0.3) is 0 Å². The molecule has 3 rings (SSSR count). The van der Waals surface area contributed by atoms with Gasteiger partial charge in [-0.1, -0.05) is 23.7 Å². The van der Waals surface area contributed by atoms with Crippen LogP contribution in [-0.2, 0) is 11.2 Å². The molecule has 0 bridgehead atoms. The number of amides is 1. The molecule has 1 atom stereocenters. The van der Waals surface area contributed by atoms with Gasteiger partial charge in [-0.25, -0.2) is 0 Å². The summed E-state index contributed by atoms with van der Waals surface area (Å²) in [5, 5.41) is 11.2. The van der Waals surface area contributed by atoms with Crippen molar-refractivity contribution in [2.24, 2.45) is 0 Å². The number of hydrogen-bond donors (Lipinski definition) is 1. The summed E-state index contributed by atoms with van der Waals surface area (Å²) in [5.41, 5.74) is 2.23. The highest BCUT2D eigenvalue weighted by molar-refractivity contribution is 6.30. The van der Waals surface area contributed by atoms with Gasteiger partial charge in [0.15, 0.2) is 0 Å². The number of H-pyrrole nitrogens is 1. The lowest BCUT2D eigenvalue weighted by Crippen LogP contribution is -2.28. The second-order valence-corrected chi connectivity index (χ2v) is 6.48. The largest absolute Gasteiger partial charge is 0.342 e. The van der Waals surface area contributed by atoms with Crippen molar-refractivity contribution in [1.82, 2.24) is 20.3 Å². The van der Waals surface area contributed by atoms with Crippen LogP contribution in [0, 0.1) is 0 Å². The molecule has 6 heteroatoms. The molecule has 1 N–H and O–H groups in total. The van der Waals surface area contributed by atoms with Crippen molar-refractivity contribution in [2.75, 3.05) is 13.1 Å². The molecule has 1 unspecified atom stereocenters. The lowest BCUT2D eigenvalue weighted by molar-refractivity contribution is -0.130. The number of aromatic amines is 1. The van der Waals surface area contributed by atoms with Crippen molar-refractivity contribution in [1.29, 1.82) is 0 Å². The van der Waals surface area contributed by atoms with Crippen molar-refractivity contribution in [3.05, 3.63) is 46.7 Å². The van der Waals surface area contributed by atoms with Crippen LogP contribution >= 0.6 is 11.6 Å². The lowest BCUT2D eigenvalue weighted by Gasteiger charge is -2.16. The molecule has 1 saturated heterocycles. The van der Waals surface area contributed by atoms with Crippen LogP contribution in [0.2, 0.25) is 5.02 Å². The van der Waals surface area contributed by atoms with Crippen LogP contribution < -0.4 is 0 Å². The molecule has 2 aromatic rings. The first-order valence-electron chi connectivity index (χ1n) is 8.10. The van der Waals surface area contributed by atoms with Gasteiger partial charge in [-0.3, -0.25) is 4.79 Å². The molecule has 122 valence electrons. The van der Waals surface area contributed by atoms with Gasteiger partial charge >= 0.3 is 0 Å². The standard InChI is InChI=1S/C17H21ClN4O/c18-15-7-5-13(6-8-15)14-9-10-22(12-14)17(23)4-2-1-3-16-11-19-21-20-16/h5-8,11,14H,1-4,9-10,12H2,(H,19,20,21). The summed E-state index contributed by atoms with van der Waals surface area (Å²) >= 11 is 5.93. The number of nitrogens with zero attached hydrogens (tertiary/aromatic N) is 3. The molecule has 0 spiro atoms. The van der Waals surface area contributed by atoms with E-state index in [2.05, 4.69) is 27.5 Å². The van der Waals surface area contributed by atoms with Crippen LogP contribution in [0.1, 0.15) is 42.9 Å². The number of aryl methyl sites for hydroxylation is 1. The minimum atomic E-state index is 0.265. The van der Waals surface area contributed by atoms with Crippen LogP contribution in [0.4, 0.5) is 0 Å². The first-order valence-corrected chi connectivity index (χ1v) is 8.48. The van der Waals surface area contributed by atoms with Gasteiger partial charge in [0, 0.05) is 30.5 Å². The third-order valence-corrected chi connectivity index (χ3v) is 4.67. The quantitative estimate of drug-likeness (QED) is 0.826. The average Bonchev–Trinajstić information content (AvgIpc) is 3.24. The number of hydrogen-bond acceptors (Lipinski definition) is 3. The fourth-order valence-electron chi connectivity index (χ4n) is 3.08. The molecule has 23 heavy (non-hydrogen) atoms. The third-order valence-electron chi connectivity index (χ3n) is 4.42. The number of carbonyl (C=O) groups is 1. The first-order chi connectivity index (χ1) is 11.2. The minimum Gasteiger partial charge on any atom is -0.342 e. The summed E-state index contributed by atoms with van der Waals surface area (Å²) in [6.45, 7) is 1.68. The molecule has 1 aromatic heterocycles. The number of halogens is 1. The highest BCUT2D eigenvalue weighted by Crippen LogP contribution is 2.28. The molecular formula is C17H21ClN4O. The highest BCUT2D eigenvalue weighted by atomic mass is 35.5. The molecule has 5 nitrogen and oxygen atoms in total. The summed E-state index contributed by atoms with van der Waals surface area (Å²) in [7, 11) is 0. The van der Waals surface area contributed by atoms with E-state index in [4.69, 9.17) is 11.6 Å². The van der Waals surface area contributed by atoms with Crippen molar-refractivity contribution in [2.45, 2.75) is 38.0 Å². The molecule has 0 saturated carbocycles. The van der Waals surface area contributed by atoms with E-state index in [1.165, 1.54) is 5.56 Å². The Morgan fingerprint density at radius 1 is 1.30 bits per heavy atom. The van der Waals surface area contributed by atoms with Gasteiger partial charge in [0.1, 0.15) is 0 Å². The van der Waals surface area contributed by atoms with Crippen molar-refractivity contribution in [3.8, 4) is 0 Å². The zero-order chi connectivity index (χ0) is 16.1. The molecule has 0 radical (unpaired) electrons. The monoisotopic (exact) mass is 332 g/mol. The van der Waals surface area contributed by atoms with Gasteiger partial charge in [0.2, 0.25) is 5.91 Å². The number of aromatic nitrogens is 3. The second kappa shape index (κ2) is 7.59. The smallest absolute Gasteiger partial charge is 0.222 e.